The average Bonchev–Trinajstić information content (AvgIpc) is 2.74. The third-order valence-corrected chi connectivity index (χ3v) is 8.62. The molecule has 4 rings (SSSR count). The van der Waals surface area contributed by atoms with Gasteiger partial charge in [-0.3, -0.25) is 9.69 Å². The number of amides is 1. The molecule has 0 bridgehead atoms. The lowest BCUT2D eigenvalue weighted by Crippen LogP contribution is -2.55. The molecule has 3 fully saturated rings. The maximum Gasteiger partial charge on any atom is 0.243 e. The highest BCUT2D eigenvalue weighted by Gasteiger charge is 2.36. The van der Waals surface area contributed by atoms with Gasteiger partial charge in [0, 0.05) is 38.8 Å². The van der Waals surface area contributed by atoms with Crippen molar-refractivity contribution in [3.05, 3.63) is 30.1 Å². The van der Waals surface area contributed by atoms with Gasteiger partial charge in [0.1, 0.15) is 5.82 Å². The van der Waals surface area contributed by atoms with Gasteiger partial charge in [0.05, 0.1) is 11.4 Å². The molecule has 29 heavy (non-hydrogen) atoms. The largest absolute Gasteiger partial charge is 0.338 e. The number of nitrogens with zero attached hydrogens (tertiary/aromatic N) is 3. The van der Waals surface area contributed by atoms with Crippen LogP contribution in [0.1, 0.15) is 38.5 Å². The Morgan fingerprint density at radius 1 is 0.931 bits per heavy atom. The van der Waals surface area contributed by atoms with Crippen molar-refractivity contribution in [2.75, 3.05) is 39.3 Å². The summed E-state index contributed by atoms with van der Waals surface area (Å²) in [7, 11) is -3.62. The summed E-state index contributed by atoms with van der Waals surface area (Å²) in [5, 5.41) is 0. The maximum atomic E-state index is 13.1. The third-order valence-electron chi connectivity index (χ3n) is 6.71. The molecule has 2 saturated heterocycles. The molecule has 3 aliphatic rings. The van der Waals surface area contributed by atoms with Gasteiger partial charge in [-0.1, -0.05) is 12.8 Å². The van der Waals surface area contributed by atoms with E-state index in [1.807, 2.05) is 0 Å². The molecule has 160 valence electrons. The molecule has 0 N–H and O–H groups in total. The summed E-state index contributed by atoms with van der Waals surface area (Å²) in [6.45, 7) is 2.99. The third kappa shape index (κ3) is 4.49. The van der Waals surface area contributed by atoms with Gasteiger partial charge in [0.2, 0.25) is 15.9 Å². The van der Waals surface area contributed by atoms with Crippen LogP contribution in [-0.4, -0.2) is 73.7 Å². The van der Waals surface area contributed by atoms with Crippen LogP contribution in [0.5, 0.6) is 0 Å². The minimum atomic E-state index is -3.62. The number of sulfonamides is 1. The van der Waals surface area contributed by atoms with E-state index in [1.165, 1.54) is 54.3 Å². The van der Waals surface area contributed by atoms with Gasteiger partial charge in [-0.25, -0.2) is 12.8 Å². The lowest BCUT2D eigenvalue weighted by atomic mass is 9.78. The summed E-state index contributed by atoms with van der Waals surface area (Å²) in [6, 6.07) is 5.34. The lowest BCUT2D eigenvalue weighted by Gasteiger charge is -2.45. The second-order valence-corrected chi connectivity index (χ2v) is 10.4. The molecule has 2 heterocycles. The predicted molar refractivity (Wildman–Crippen MR) is 108 cm³/mol. The summed E-state index contributed by atoms with van der Waals surface area (Å²) in [4.78, 5) is 17.2. The van der Waals surface area contributed by atoms with E-state index in [0.29, 0.717) is 44.7 Å². The molecular weight excluding hydrogens is 393 g/mol. The van der Waals surface area contributed by atoms with Crippen LogP contribution in [0.25, 0.3) is 0 Å². The van der Waals surface area contributed by atoms with Crippen molar-refractivity contribution in [3.63, 3.8) is 0 Å². The molecule has 0 spiro atoms. The van der Waals surface area contributed by atoms with Gasteiger partial charge in [0.15, 0.2) is 0 Å². The molecule has 1 amide bonds. The summed E-state index contributed by atoms with van der Waals surface area (Å²) < 4.78 is 40.0. The van der Waals surface area contributed by atoms with Crippen molar-refractivity contribution >= 4 is 15.9 Å². The lowest BCUT2D eigenvalue weighted by molar-refractivity contribution is -0.139. The van der Waals surface area contributed by atoms with Crippen LogP contribution >= 0.6 is 0 Å². The van der Waals surface area contributed by atoms with Gasteiger partial charge in [0.25, 0.3) is 0 Å². The Labute approximate surface area is 172 Å². The van der Waals surface area contributed by atoms with Crippen molar-refractivity contribution in [3.8, 4) is 0 Å². The first kappa shape index (κ1) is 20.8. The van der Waals surface area contributed by atoms with E-state index in [9.17, 15) is 17.6 Å². The summed E-state index contributed by atoms with van der Waals surface area (Å²) in [6.07, 6.45) is 7.21. The molecule has 0 aromatic heterocycles. The van der Waals surface area contributed by atoms with Gasteiger partial charge in [-0.05, 0) is 55.9 Å². The summed E-state index contributed by atoms with van der Waals surface area (Å²) in [5.41, 5.74) is 0. The Morgan fingerprint density at radius 2 is 1.59 bits per heavy atom. The molecule has 1 aromatic rings. The van der Waals surface area contributed by atoms with Crippen molar-refractivity contribution in [1.29, 1.82) is 0 Å². The number of piperidine rings is 1. The second-order valence-electron chi connectivity index (χ2n) is 8.48. The van der Waals surface area contributed by atoms with Crippen molar-refractivity contribution < 1.29 is 17.6 Å². The Bertz CT molecular complexity index is 820. The van der Waals surface area contributed by atoms with Gasteiger partial charge in [-0.2, -0.15) is 4.31 Å². The van der Waals surface area contributed by atoms with E-state index in [-0.39, 0.29) is 10.8 Å². The number of hydrogen-bond acceptors (Lipinski definition) is 4. The number of carbonyl (C=O) groups excluding carboxylic acids is 1. The van der Waals surface area contributed by atoms with Crippen LogP contribution in [0.2, 0.25) is 0 Å². The monoisotopic (exact) mass is 423 g/mol. The number of hydrogen-bond donors (Lipinski definition) is 0. The van der Waals surface area contributed by atoms with Crippen LogP contribution < -0.4 is 0 Å². The quantitative estimate of drug-likeness (QED) is 0.746. The number of halogens is 1. The van der Waals surface area contributed by atoms with E-state index < -0.39 is 15.8 Å². The van der Waals surface area contributed by atoms with Crippen molar-refractivity contribution in [2.24, 2.45) is 5.92 Å². The van der Waals surface area contributed by atoms with E-state index in [4.69, 9.17) is 0 Å². The molecule has 1 aliphatic carbocycles. The summed E-state index contributed by atoms with van der Waals surface area (Å²) in [5.74, 6) is 0.404. The van der Waals surface area contributed by atoms with Gasteiger partial charge >= 0.3 is 0 Å². The normalized spacial score (nSPS) is 26.9. The highest BCUT2D eigenvalue weighted by atomic mass is 32.2. The SMILES string of the molecule is O=C(CN1CCN(S(=O)(=O)c2ccc(F)cc2)CC1)N1CCC[C@@H]2CCCC[C@@H]21. The fourth-order valence-electron chi connectivity index (χ4n) is 5.10. The van der Waals surface area contributed by atoms with E-state index in [2.05, 4.69) is 9.80 Å². The topological polar surface area (TPSA) is 60.9 Å². The van der Waals surface area contributed by atoms with Gasteiger partial charge in [-0.15, -0.1) is 0 Å². The molecule has 0 unspecified atom stereocenters. The zero-order valence-corrected chi connectivity index (χ0v) is 17.6. The fourth-order valence-corrected chi connectivity index (χ4v) is 6.52. The average molecular weight is 424 g/mol. The van der Waals surface area contributed by atoms with Crippen molar-refractivity contribution in [2.45, 2.75) is 49.5 Å². The minimum absolute atomic E-state index is 0.111. The fraction of sp³-hybridized carbons (Fsp3) is 0.667. The number of piperazine rings is 1. The molecule has 2 aliphatic heterocycles. The number of rotatable bonds is 4. The standard InChI is InChI=1S/C21H30FN3O3S/c22-18-7-9-19(10-8-18)29(27,28)24-14-12-23(13-15-24)16-21(26)25-11-3-5-17-4-1-2-6-20(17)25/h7-10,17,20H,1-6,11-16H2/t17-,20-/m0/s1. The highest BCUT2D eigenvalue weighted by molar-refractivity contribution is 7.89. The van der Waals surface area contributed by atoms with E-state index in [1.54, 1.807) is 0 Å². The van der Waals surface area contributed by atoms with E-state index in [0.717, 1.165) is 19.4 Å². The Morgan fingerprint density at radius 3 is 2.31 bits per heavy atom. The van der Waals surface area contributed by atoms with Gasteiger partial charge < -0.3 is 4.90 Å². The summed E-state index contributed by atoms with van der Waals surface area (Å²) >= 11 is 0. The van der Waals surface area contributed by atoms with Crippen LogP contribution in [-0.2, 0) is 14.8 Å². The number of benzene rings is 1. The minimum Gasteiger partial charge on any atom is -0.338 e. The molecular formula is C21H30FN3O3S. The molecule has 0 radical (unpaired) electrons. The zero-order valence-electron chi connectivity index (χ0n) is 16.8. The Kier molecular flexibility index (Phi) is 6.22. The zero-order chi connectivity index (χ0) is 20.4. The molecule has 8 heteroatoms. The molecule has 1 aromatic carbocycles. The number of fused-ring (bicyclic) bond motifs is 1. The van der Waals surface area contributed by atoms with Crippen molar-refractivity contribution in [1.82, 2.24) is 14.1 Å². The van der Waals surface area contributed by atoms with Crippen LogP contribution in [0.15, 0.2) is 29.2 Å². The molecule has 2 atom stereocenters. The first-order valence-electron chi connectivity index (χ1n) is 10.7. The number of likely N-dealkylation sites (tertiary alicyclic amines) is 1. The first-order chi connectivity index (χ1) is 13.9. The maximum absolute atomic E-state index is 13.1. The van der Waals surface area contributed by atoms with E-state index >= 15 is 0 Å². The Balaban J connectivity index is 1.32. The first-order valence-corrected chi connectivity index (χ1v) is 12.2. The highest BCUT2D eigenvalue weighted by Crippen LogP contribution is 2.35. The van der Waals surface area contributed by atoms with Crippen LogP contribution in [0, 0.1) is 11.7 Å². The van der Waals surface area contributed by atoms with Crippen LogP contribution in [0.4, 0.5) is 4.39 Å². The second kappa shape index (κ2) is 8.70. The Hall–Kier alpha value is -1.51. The molecule has 6 nitrogen and oxygen atoms in total. The predicted octanol–water partition coefficient (Wildman–Crippen LogP) is 2.31. The molecule has 1 saturated carbocycles. The van der Waals surface area contributed by atoms with Crippen LogP contribution in [0.3, 0.4) is 0 Å². The number of carbonyl (C=O) groups is 1. The smallest absolute Gasteiger partial charge is 0.243 e.